The maximum atomic E-state index is 13.5. The van der Waals surface area contributed by atoms with Crippen molar-refractivity contribution in [2.75, 3.05) is 5.32 Å². The highest BCUT2D eigenvalue weighted by Gasteiger charge is 2.32. The standard InChI is InChI=1S/C28H34N4O2/c29-18-20-6-10-22(11-7-20)27(33)31-25-14-8-21(9-15-25)19-32(26-16-12-24(30)13-17-26)28(34)23-4-2-1-3-5-23/h6-11,14-15,23-24,26H,1-5,12-13,16-17,19,30H2,(H,31,33). The van der Waals surface area contributed by atoms with Gasteiger partial charge in [-0.15, -0.1) is 0 Å². The van der Waals surface area contributed by atoms with Crippen LogP contribution in [-0.4, -0.2) is 28.8 Å². The van der Waals surface area contributed by atoms with Gasteiger partial charge in [0.2, 0.25) is 5.91 Å². The molecule has 2 aromatic rings. The Morgan fingerprint density at radius 1 is 0.912 bits per heavy atom. The van der Waals surface area contributed by atoms with Crippen molar-refractivity contribution in [2.24, 2.45) is 11.7 Å². The van der Waals surface area contributed by atoms with E-state index in [4.69, 9.17) is 11.0 Å². The van der Waals surface area contributed by atoms with Gasteiger partial charge in [-0.1, -0.05) is 31.4 Å². The molecule has 4 rings (SSSR count). The first-order valence-electron chi connectivity index (χ1n) is 12.5. The van der Waals surface area contributed by atoms with Crippen molar-refractivity contribution >= 4 is 17.5 Å². The fourth-order valence-corrected chi connectivity index (χ4v) is 5.17. The first-order chi connectivity index (χ1) is 16.5. The van der Waals surface area contributed by atoms with Crippen LogP contribution in [0.15, 0.2) is 48.5 Å². The molecule has 0 spiro atoms. The van der Waals surface area contributed by atoms with Gasteiger partial charge in [0.25, 0.3) is 5.91 Å². The second-order valence-corrected chi connectivity index (χ2v) is 9.71. The average Bonchev–Trinajstić information content (AvgIpc) is 2.89. The van der Waals surface area contributed by atoms with E-state index in [0.717, 1.165) is 56.9 Å². The van der Waals surface area contributed by atoms with E-state index in [9.17, 15) is 9.59 Å². The molecular formula is C28H34N4O2. The summed E-state index contributed by atoms with van der Waals surface area (Å²) in [6, 6.07) is 16.9. The van der Waals surface area contributed by atoms with Gasteiger partial charge < -0.3 is 16.0 Å². The van der Waals surface area contributed by atoms with Gasteiger partial charge in [-0.2, -0.15) is 5.26 Å². The molecule has 0 bridgehead atoms. The minimum absolute atomic E-state index is 0.148. The number of carbonyl (C=O) groups excluding carboxylic acids is 2. The van der Waals surface area contributed by atoms with Crippen LogP contribution < -0.4 is 11.1 Å². The Kier molecular flexibility index (Phi) is 7.97. The van der Waals surface area contributed by atoms with E-state index in [-0.39, 0.29) is 23.9 Å². The molecule has 0 aliphatic heterocycles. The number of rotatable bonds is 6. The average molecular weight is 459 g/mol. The van der Waals surface area contributed by atoms with Crippen LogP contribution in [0.5, 0.6) is 0 Å². The number of nitrogens with two attached hydrogens (primary N) is 1. The Balaban J connectivity index is 1.43. The molecule has 0 heterocycles. The zero-order chi connectivity index (χ0) is 23.9. The van der Waals surface area contributed by atoms with E-state index in [1.807, 2.05) is 24.3 Å². The number of nitriles is 1. The fraction of sp³-hybridized carbons (Fsp3) is 0.464. The van der Waals surface area contributed by atoms with Crippen LogP contribution in [-0.2, 0) is 11.3 Å². The summed E-state index contributed by atoms with van der Waals surface area (Å²) in [6.45, 7) is 0.596. The van der Waals surface area contributed by atoms with Gasteiger partial charge in [0.15, 0.2) is 0 Å². The van der Waals surface area contributed by atoms with Crippen molar-refractivity contribution in [2.45, 2.75) is 76.4 Å². The Bertz CT molecular complexity index is 1010. The molecule has 2 aromatic carbocycles. The summed E-state index contributed by atoms with van der Waals surface area (Å²) < 4.78 is 0. The number of hydrogen-bond donors (Lipinski definition) is 2. The van der Waals surface area contributed by atoms with Crippen molar-refractivity contribution in [1.82, 2.24) is 4.90 Å². The molecule has 2 aliphatic carbocycles. The maximum Gasteiger partial charge on any atom is 0.255 e. The number of amides is 2. The van der Waals surface area contributed by atoms with Crippen molar-refractivity contribution in [3.05, 3.63) is 65.2 Å². The Morgan fingerprint density at radius 3 is 2.18 bits per heavy atom. The summed E-state index contributed by atoms with van der Waals surface area (Å²) >= 11 is 0. The lowest BCUT2D eigenvalue weighted by atomic mass is 9.85. The van der Waals surface area contributed by atoms with Crippen LogP contribution in [0.25, 0.3) is 0 Å². The largest absolute Gasteiger partial charge is 0.335 e. The number of nitrogens with zero attached hydrogens (tertiary/aromatic N) is 2. The summed E-state index contributed by atoms with van der Waals surface area (Å²) in [5, 5.41) is 11.8. The monoisotopic (exact) mass is 458 g/mol. The van der Waals surface area contributed by atoms with Crippen molar-refractivity contribution in [1.29, 1.82) is 5.26 Å². The first kappa shape index (κ1) is 24.0. The highest BCUT2D eigenvalue weighted by atomic mass is 16.2. The molecule has 2 fully saturated rings. The van der Waals surface area contributed by atoms with Crippen LogP contribution >= 0.6 is 0 Å². The van der Waals surface area contributed by atoms with Gasteiger partial charge in [-0.3, -0.25) is 9.59 Å². The highest BCUT2D eigenvalue weighted by Crippen LogP contribution is 2.30. The third-order valence-corrected chi connectivity index (χ3v) is 7.26. The second kappa shape index (κ2) is 11.3. The summed E-state index contributed by atoms with van der Waals surface area (Å²) in [5.74, 6) is 0.235. The molecule has 0 unspecified atom stereocenters. The van der Waals surface area contributed by atoms with Crippen LogP contribution in [0.2, 0.25) is 0 Å². The highest BCUT2D eigenvalue weighted by molar-refractivity contribution is 6.04. The molecule has 0 saturated heterocycles. The van der Waals surface area contributed by atoms with Gasteiger partial charge >= 0.3 is 0 Å². The van der Waals surface area contributed by atoms with E-state index in [0.29, 0.717) is 29.3 Å². The van der Waals surface area contributed by atoms with E-state index in [1.54, 1.807) is 24.3 Å². The number of anilines is 1. The number of carbonyl (C=O) groups is 2. The zero-order valence-corrected chi connectivity index (χ0v) is 19.7. The zero-order valence-electron chi connectivity index (χ0n) is 19.7. The lowest BCUT2D eigenvalue weighted by Crippen LogP contribution is -2.46. The normalized spacial score (nSPS) is 20.8. The molecule has 6 nitrogen and oxygen atoms in total. The molecule has 0 radical (unpaired) electrons. The van der Waals surface area contributed by atoms with Crippen LogP contribution in [0.1, 0.15) is 79.3 Å². The molecule has 2 aliphatic rings. The molecule has 3 N–H and O–H groups in total. The summed E-state index contributed by atoms with van der Waals surface area (Å²) in [6.07, 6.45) is 9.41. The predicted octanol–water partition coefficient (Wildman–Crippen LogP) is 4.99. The van der Waals surface area contributed by atoms with Crippen molar-refractivity contribution < 1.29 is 9.59 Å². The number of benzene rings is 2. The third-order valence-electron chi connectivity index (χ3n) is 7.26. The molecular weight excluding hydrogens is 424 g/mol. The Hall–Kier alpha value is -3.17. The molecule has 2 amide bonds. The predicted molar refractivity (Wildman–Crippen MR) is 133 cm³/mol. The van der Waals surface area contributed by atoms with Crippen LogP contribution in [0.4, 0.5) is 5.69 Å². The van der Waals surface area contributed by atoms with Crippen LogP contribution in [0, 0.1) is 17.2 Å². The Labute approximate surface area is 202 Å². The van der Waals surface area contributed by atoms with E-state index >= 15 is 0 Å². The molecule has 34 heavy (non-hydrogen) atoms. The molecule has 178 valence electrons. The van der Waals surface area contributed by atoms with Gasteiger partial charge in [-0.05, 0) is 80.5 Å². The molecule has 2 saturated carbocycles. The summed E-state index contributed by atoms with van der Waals surface area (Å²) in [5.41, 5.74) is 8.92. The SMILES string of the molecule is N#Cc1ccc(C(=O)Nc2ccc(CN(C(=O)C3CCCCC3)C3CCC(N)CC3)cc2)cc1. The first-order valence-corrected chi connectivity index (χ1v) is 12.5. The lowest BCUT2D eigenvalue weighted by Gasteiger charge is -2.39. The third kappa shape index (κ3) is 6.03. The maximum absolute atomic E-state index is 13.5. The summed E-state index contributed by atoms with van der Waals surface area (Å²) in [7, 11) is 0. The molecule has 0 atom stereocenters. The van der Waals surface area contributed by atoms with E-state index in [1.165, 1.54) is 6.42 Å². The van der Waals surface area contributed by atoms with Gasteiger partial charge in [0.1, 0.15) is 0 Å². The van der Waals surface area contributed by atoms with Crippen molar-refractivity contribution in [3.8, 4) is 6.07 Å². The van der Waals surface area contributed by atoms with Crippen molar-refractivity contribution in [3.63, 3.8) is 0 Å². The van der Waals surface area contributed by atoms with Gasteiger partial charge in [0, 0.05) is 35.8 Å². The number of nitrogens with one attached hydrogen (secondary N) is 1. The quantitative estimate of drug-likeness (QED) is 0.637. The minimum atomic E-state index is -0.218. The van der Waals surface area contributed by atoms with E-state index in [2.05, 4.69) is 16.3 Å². The Morgan fingerprint density at radius 2 is 1.56 bits per heavy atom. The molecule has 0 aromatic heterocycles. The molecule has 6 heteroatoms. The topological polar surface area (TPSA) is 99.2 Å². The number of hydrogen-bond acceptors (Lipinski definition) is 4. The second-order valence-electron chi connectivity index (χ2n) is 9.71. The lowest BCUT2D eigenvalue weighted by molar-refractivity contribution is -0.140. The minimum Gasteiger partial charge on any atom is -0.335 e. The van der Waals surface area contributed by atoms with Gasteiger partial charge in [-0.25, -0.2) is 0 Å². The van der Waals surface area contributed by atoms with Gasteiger partial charge in [0.05, 0.1) is 11.6 Å². The fourth-order valence-electron chi connectivity index (χ4n) is 5.17. The summed E-state index contributed by atoms with van der Waals surface area (Å²) in [4.78, 5) is 28.1. The smallest absolute Gasteiger partial charge is 0.255 e. The van der Waals surface area contributed by atoms with Crippen LogP contribution in [0.3, 0.4) is 0 Å². The van der Waals surface area contributed by atoms with E-state index < -0.39 is 0 Å².